The molecule has 5 N–H and O–H groups in total. The van der Waals surface area contributed by atoms with Crippen LogP contribution in [0.2, 0.25) is 0 Å². The van der Waals surface area contributed by atoms with Crippen molar-refractivity contribution < 1.29 is 8.42 Å². The second-order valence-corrected chi connectivity index (χ2v) is 5.30. The lowest BCUT2D eigenvalue weighted by Gasteiger charge is -2.07. The Labute approximate surface area is 100 Å². The zero-order valence-corrected chi connectivity index (χ0v) is 10.00. The van der Waals surface area contributed by atoms with E-state index in [0.29, 0.717) is 24.2 Å². The highest BCUT2D eigenvalue weighted by molar-refractivity contribution is 7.89. The minimum atomic E-state index is -3.41. The second kappa shape index (κ2) is 5.52. The Kier molecular flexibility index (Phi) is 4.31. The molecule has 0 atom stereocenters. The van der Waals surface area contributed by atoms with Crippen LogP contribution < -0.4 is 16.2 Å². The normalized spacial score (nSPS) is 10.8. The van der Waals surface area contributed by atoms with E-state index >= 15 is 0 Å². The SMILES string of the molecule is N#Cc1ccc(NCCCS(N)(=O)=O)cc1N. The number of nitrogen functional groups attached to an aromatic ring is 1. The number of nitriles is 1. The van der Waals surface area contributed by atoms with E-state index in [4.69, 9.17) is 16.1 Å². The van der Waals surface area contributed by atoms with Crippen molar-refractivity contribution >= 4 is 21.4 Å². The number of nitrogens with one attached hydrogen (secondary N) is 1. The van der Waals surface area contributed by atoms with E-state index in [-0.39, 0.29) is 5.75 Å². The molecule has 0 saturated carbocycles. The Bertz CT molecular complexity index is 534. The molecule has 17 heavy (non-hydrogen) atoms. The molecule has 0 spiro atoms. The number of primary sulfonamides is 1. The lowest BCUT2D eigenvalue weighted by Crippen LogP contribution is -2.18. The van der Waals surface area contributed by atoms with E-state index in [2.05, 4.69) is 5.32 Å². The van der Waals surface area contributed by atoms with E-state index < -0.39 is 10.0 Å². The smallest absolute Gasteiger partial charge is 0.209 e. The van der Waals surface area contributed by atoms with Gasteiger partial charge in [-0.3, -0.25) is 0 Å². The van der Waals surface area contributed by atoms with Crippen LogP contribution in [-0.2, 0) is 10.0 Å². The van der Waals surface area contributed by atoms with Crippen LogP contribution in [0.5, 0.6) is 0 Å². The topological polar surface area (TPSA) is 122 Å². The Balaban J connectivity index is 2.48. The van der Waals surface area contributed by atoms with Gasteiger partial charge in [-0.1, -0.05) is 0 Å². The van der Waals surface area contributed by atoms with E-state index in [1.54, 1.807) is 18.2 Å². The summed E-state index contributed by atoms with van der Waals surface area (Å²) in [6.07, 6.45) is 0.415. The van der Waals surface area contributed by atoms with Crippen LogP contribution in [0.25, 0.3) is 0 Å². The van der Waals surface area contributed by atoms with Crippen molar-refractivity contribution in [3.05, 3.63) is 23.8 Å². The van der Waals surface area contributed by atoms with Crippen LogP contribution in [0.15, 0.2) is 18.2 Å². The van der Waals surface area contributed by atoms with E-state index in [1.807, 2.05) is 6.07 Å². The summed E-state index contributed by atoms with van der Waals surface area (Å²) in [4.78, 5) is 0. The van der Waals surface area contributed by atoms with Crippen molar-refractivity contribution in [2.24, 2.45) is 5.14 Å². The third-order valence-corrected chi connectivity index (χ3v) is 2.96. The number of nitrogens with zero attached hydrogens (tertiary/aromatic N) is 1. The first-order valence-corrected chi connectivity index (χ1v) is 6.68. The number of rotatable bonds is 5. The van der Waals surface area contributed by atoms with Gasteiger partial charge in [-0.15, -0.1) is 0 Å². The van der Waals surface area contributed by atoms with Crippen LogP contribution in [-0.4, -0.2) is 20.7 Å². The maximum Gasteiger partial charge on any atom is 0.209 e. The van der Waals surface area contributed by atoms with E-state index in [9.17, 15) is 8.42 Å². The second-order valence-electron chi connectivity index (χ2n) is 3.56. The van der Waals surface area contributed by atoms with Crippen LogP contribution in [0, 0.1) is 11.3 Å². The summed E-state index contributed by atoms with van der Waals surface area (Å²) < 4.78 is 21.3. The first kappa shape index (κ1) is 13.3. The molecule has 1 aromatic carbocycles. The van der Waals surface area contributed by atoms with Crippen molar-refractivity contribution in [3.8, 4) is 6.07 Å². The molecule has 0 aliphatic carbocycles. The van der Waals surface area contributed by atoms with Crippen molar-refractivity contribution in [3.63, 3.8) is 0 Å². The highest BCUT2D eigenvalue weighted by Gasteiger charge is 2.02. The van der Waals surface area contributed by atoms with E-state index in [0.717, 1.165) is 5.69 Å². The monoisotopic (exact) mass is 254 g/mol. The van der Waals surface area contributed by atoms with Crippen molar-refractivity contribution in [1.82, 2.24) is 0 Å². The van der Waals surface area contributed by atoms with Gasteiger partial charge < -0.3 is 11.1 Å². The first-order chi connectivity index (χ1) is 7.92. The summed E-state index contributed by atoms with van der Waals surface area (Å²) in [5, 5.41) is 16.5. The number of benzene rings is 1. The Morgan fingerprint density at radius 1 is 1.41 bits per heavy atom. The highest BCUT2D eigenvalue weighted by Crippen LogP contribution is 2.16. The van der Waals surface area contributed by atoms with Gasteiger partial charge in [0.15, 0.2) is 0 Å². The number of sulfonamides is 1. The van der Waals surface area contributed by atoms with Gasteiger partial charge in [-0.05, 0) is 24.6 Å². The van der Waals surface area contributed by atoms with Gasteiger partial charge in [-0.25, -0.2) is 13.6 Å². The molecule has 0 aliphatic rings. The molecule has 0 bridgehead atoms. The Morgan fingerprint density at radius 2 is 2.12 bits per heavy atom. The number of hydrogen-bond donors (Lipinski definition) is 3. The van der Waals surface area contributed by atoms with Crippen LogP contribution >= 0.6 is 0 Å². The highest BCUT2D eigenvalue weighted by atomic mass is 32.2. The fourth-order valence-corrected chi connectivity index (χ4v) is 1.83. The average molecular weight is 254 g/mol. The van der Waals surface area contributed by atoms with Gasteiger partial charge in [0.05, 0.1) is 17.0 Å². The molecule has 0 amide bonds. The third kappa shape index (κ3) is 4.72. The molecule has 0 aromatic heterocycles. The third-order valence-electron chi connectivity index (χ3n) is 2.11. The van der Waals surface area contributed by atoms with Gasteiger partial charge in [0, 0.05) is 12.2 Å². The van der Waals surface area contributed by atoms with E-state index in [1.165, 1.54) is 0 Å². The standard InChI is InChI=1S/C10H14N4O2S/c11-7-8-2-3-9(6-10(8)12)14-4-1-5-17(13,15)16/h2-3,6,14H,1,4-5,12H2,(H2,13,15,16). The number of anilines is 2. The molecule has 0 aliphatic heterocycles. The minimum Gasteiger partial charge on any atom is -0.398 e. The Morgan fingerprint density at radius 3 is 2.65 bits per heavy atom. The van der Waals surface area contributed by atoms with Gasteiger partial charge in [0.25, 0.3) is 0 Å². The largest absolute Gasteiger partial charge is 0.398 e. The predicted molar refractivity (Wildman–Crippen MR) is 66.7 cm³/mol. The molecule has 7 heteroatoms. The quantitative estimate of drug-likeness (QED) is 0.513. The van der Waals surface area contributed by atoms with Crippen LogP contribution in [0.4, 0.5) is 11.4 Å². The van der Waals surface area contributed by atoms with Crippen molar-refractivity contribution in [2.75, 3.05) is 23.3 Å². The molecule has 0 heterocycles. The van der Waals surface area contributed by atoms with Gasteiger partial charge in [-0.2, -0.15) is 5.26 Å². The fourth-order valence-electron chi connectivity index (χ4n) is 1.28. The minimum absolute atomic E-state index is 0.0637. The Hall–Kier alpha value is -1.78. The molecule has 0 radical (unpaired) electrons. The summed E-state index contributed by atoms with van der Waals surface area (Å²) in [5.74, 6) is -0.0637. The summed E-state index contributed by atoms with van der Waals surface area (Å²) in [5.41, 5.74) is 7.18. The lowest BCUT2D eigenvalue weighted by molar-refractivity contribution is 0.596. The zero-order valence-electron chi connectivity index (χ0n) is 9.18. The van der Waals surface area contributed by atoms with Crippen molar-refractivity contribution in [2.45, 2.75) is 6.42 Å². The summed E-state index contributed by atoms with van der Waals surface area (Å²) in [6.45, 7) is 0.474. The number of nitrogens with two attached hydrogens (primary N) is 2. The van der Waals surface area contributed by atoms with Crippen molar-refractivity contribution in [1.29, 1.82) is 5.26 Å². The fraction of sp³-hybridized carbons (Fsp3) is 0.300. The lowest BCUT2D eigenvalue weighted by atomic mass is 10.2. The maximum absolute atomic E-state index is 10.7. The molecule has 92 valence electrons. The molecule has 1 rings (SSSR count). The molecule has 1 aromatic rings. The molecule has 0 fully saturated rings. The van der Waals surface area contributed by atoms with Crippen LogP contribution in [0.1, 0.15) is 12.0 Å². The maximum atomic E-state index is 10.7. The summed E-state index contributed by atoms with van der Waals surface area (Å²) in [6, 6.07) is 6.92. The summed E-state index contributed by atoms with van der Waals surface area (Å²) >= 11 is 0. The molecule has 0 unspecified atom stereocenters. The average Bonchev–Trinajstić information content (AvgIpc) is 2.23. The molecular formula is C10H14N4O2S. The number of hydrogen-bond acceptors (Lipinski definition) is 5. The summed E-state index contributed by atoms with van der Waals surface area (Å²) in [7, 11) is -3.41. The van der Waals surface area contributed by atoms with Crippen LogP contribution in [0.3, 0.4) is 0 Å². The zero-order chi connectivity index (χ0) is 12.9. The predicted octanol–water partition coefficient (Wildman–Crippen LogP) is 0.231. The van der Waals surface area contributed by atoms with Gasteiger partial charge in [0.2, 0.25) is 10.0 Å². The molecule has 6 nitrogen and oxygen atoms in total. The van der Waals surface area contributed by atoms with Gasteiger partial charge in [0.1, 0.15) is 6.07 Å². The van der Waals surface area contributed by atoms with Gasteiger partial charge >= 0.3 is 0 Å². The molecule has 0 saturated heterocycles. The first-order valence-electron chi connectivity index (χ1n) is 4.96. The molecular weight excluding hydrogens is 240 g/mol.